The minimum atomic E-state index is -3.24. The number of nitrogens with one attached hydrogen (secondary N) is 1. The number of carbonyl (C=O) groups is 1. The number of amidine groups is 1. The maximum Gasteiger partial charge on any atom is 0.274 e. The molecular weight excluding hydrogens is 461 g/mol. The number of aromatic nitrogens is 1. The summed E-state index contributed by atoms with van der Waals surface area (Å²) in [5.41, 5.74) is 5.67. The Morgan fingerprint density at radius 2 is 1.97 bits per heavy atom. The lowest BCUT2D eigenvalue weighted by Crippen LogP contribution is -2.59. The maximum atomic E-state index is 15.0. The van der Waals surface area contributed by atoms with Gasteiger partial charge in [-0.1, -0.05) is 0 Å². The molecule has 184 valence electrons. The number of amides is 1. The minimum absolute atomic E-state index is 0.124. The number of nitrogens with zero attached hydrogens (tertiary/aromatic N) is 3. The normalized spacial score (nSPS) is 24.8. The molecule has 0 bridgehead atoms. The second-order valence-electron chi connectivity index (χ2n) is 9.11. The van der Waals surface area contributed by atoms with Gasteiger partial charge < -0.3 is 20.7 Å². The predicted octanol–water partition coefficient (Wildman–Crippen LogP) is 3.28. The molecule has 0 saturated carbocycles. The molecule has 1 amide bonds. The standard InChI is InChI=1S/C23H30FN5O4S/c1-22(14-34(31,32)23(21(25)28-22)8-10-29(2)11-9-23)17-12-15(4-6-18(17)24)27-20(30)19-7-5-16(33-3)13-26-19/h4-7,12-13,31-32H,8-11,14H2,1-3H3,(H2,25,28)(H,27,30)/t22-/m0/s1. The van der Waals surface area contributed by atoms with Crippen molar-refractivity contribution in [2.45, 2.75) is 30.1 Å². The highest BCUT2D eigenvalue weighted by Gasteiger charge is 2.55. The second-order valence-corrected chi connectivity index (χ2v) is 11.5. The van der Waals surface area contributed by atoms with Gasteiger partial charge in [-0.05, 0) is 57.1 Å². The van der Waals surface area contributed by atoms with Crippen molar-refractivity contribution in [3.8, 4) is 5.75 Å². The number of nitrogens with two attached hydrogens (primary N) is 1. The van der Waals surface area contributed by atoms with Crippen molar-refractivity contribution < 1.29 is 23.0 Å². The Kier molecular flexibility index (Phi) is 6.32. The van der Waals surface area contributed by atoms with E-state index >= 15 is 0 Å². The number of anilines is 1. The Morgan fingerprint density at radius 1 is 1.26 bits per heavy atom. The average Bonchev–Trinajstić information content (AvgIpc) is 2.79. The average molecular weight is 492 g/mol. The summed E-state index contributed by atoms with van der Waals surface area (Å²) in [5, 5.41) is 2.70. The van der Waals surface area contributed by atoms with E-state index in [4.69, 9.17) is 10.5 Å². The number of methoxy groups -OCH3 is 1. The van der Waals surface area contributed by atoms with Crippen LogP contribution in [0.2, 0.25) is 0 Å². The first-order valence-electron chi connectivity index (χ1n) is 10.9. The largest absolute Gasteiger partial charge is 0.495 e. The van der Waals surface area contributed by atoms with E-state index < -0.39 is 32.6 Å². The lowest BCUT2D eigenvalue weighted by Gasteiger charge is -2.58. The Hall–Kier alpha value is -2.73. The number of carbonyl (C=O) groups excluding carboxylic acids is 1. The zero-order valence-electron chi connectivity index (χ0n) is 19.4. The van der Waals surface area contributed by atoms with E-state index in [1.54, 1.807) is 13.0 Å². The molecule has 0 aliphatic carbocycles. The van der Waals surface area contributed by atoms with Gasteiger partial charge in [-0.25, -0.2) is 9.37 Å². The van der Waals surface area contributed by atoms with Crippen LogP contribution in [0.15, 0.2) is 41.5 Å². The second kappa shape index (κ2) is 8.81. The Balaban J connectivity index is 1.64. The fraction of sp³-hybridized carbons (Fsp3) is 0.435. The fourth-order valence-corrected chi connectivity index (χ4v) is 7.14. The van der Waals surface area contributed by atoms with E-state index in [1.165, 1.54) is 37.6 Å². The molecule has 3 heterocycles. The molecule has 2 aliphatic heterocycles. The molecule has 0 unspecified atom stereocenters. The third-order valence-corrected chi connectivity index (χ3v) is 9.58. The fourth-order valence-electron chi connectivity index (χ4n) is 4.64. The van der Waals surface area contributed by atoms with E-state index in [0.717, 1.165) is 0 Å². The topological polar surface area (TPSA) is 133 Å². The van der Waals surface area contributed by atoms with Crippen LogP contribution in [0.5, 0.6) is 5.75 Å². The van der Waals surface area contributed by atoms with Crippen LogP contribution in [-0.4, -0.2) is 68.5 Å². The molecule has 5 N–H and O–H groups in total. The number of aliphatic imine (C=N–C) groups is 1. The summed E-state index contributed by atoms with van der Waals surface area (Å²) >= 11 is 0. The summed E-state index contributed by atoms with van der Waals surface area (Å²) in [4.78, 5) is 23.4. The zero-order chi connectivity index (χ0) is 24.7. The Morgan fingerprint density at radius 3 is 2.56 bits per heavy atom. The summed E-state index contributed by atoms with van der Waals surface area (Å²) in [6.45, 7) is 2.96. The first-order chi connectivity index (χ1) is 16.0. The molecule has 2 aromatic rings. The van der Waals surface area contributed by atoms with Crippen molar-refractivity contribution in [2.24, 2.45) is 10.7 Å². The number of hydrogen-bond donors (Lipinski definition) is 4. The highest BCUT2D eigenvalue weighted by atomic mass is 32.3. The number of piperidine rings is 1. The lowest BCUT2D eigenvalue weighted by molar-refractivity contribution is 0.102. The molecule has 1 saturated heterocycles. The van der Waals surface area contributed by atoms with Crippen molar-refractivity contribution in [1.29, 1.82) is 0 Å². The van der Waals surface area contributed by atoms with Crippen molar-refractivity contribution in [2.75, 3.05) is 38.3 Å². The number of ether oxygens (including phenoxy) is 1. The van der Waals surface area contributed by atoms with Gasteiger partial charge in [0.1, 0.15) is 33.4 Å². The molecule has 2 aliphatic rings. The van der Waals surface area contributed by atoms with E-state index in [9.17, 15) is 18.3 Å². The van der Waals surface area contributed by atoms with Crippen LogP contribution >= 0.6 is 10.6 Å². The van der Waals surface area contributed by atoms with E-state index in [2.05, 4.69) is 20.2 Å². The third kappa shape index (κ3) is 4.24. The lowest BCUT2D eigenvalue weighted by atomic mass is 9.90. The molecule has 11 heteroatoms. The van der Waals surface area contributed by atoms with E-state index in [-0.39, 0.29) is 22.8 Å². The van der Waals surface area contributed by atoms with Crippen molar-refractivity contribution in [1.82, 2.24) is 9.88 Å². The molecule has 0 radical (unpaired) electrons. The molecular formula is C23H30FN5O4S. The SMILES string of the molecule is COc1ccc(C(=O)Nc2ccc(F)c([C@]3(C)CS(O)(O)C4(CCN(C)CC4)C(N)=N3)c2)nc1. The summed E-state index contributed by atoms with van der Waals surface area (Å²) in [6, 6.07) is 7.23. The smallest absolute Gasteiger partial charge is 0.274 e. The Bertz CT molecular complexity index is 1120. The maximum absolute atomic E-state index is 15.0. The van der Waals surface area contributed by atoms with Gasteiger partial charge in [0.05, 0.1) is 19.1 Å². The molecule has 4 rings (SSSR count). The predicted molar refractivity (Wildman–Crippen MR) is 131 cm³/mol. The summed E-state index contributed by atoms with van der Waals surface area (Å²) < 4.78 is 41.5. The number of pyridine rings is 1. The summed E-state index contributed by atoms with van der Waals surface area (Å²) in [7, 11) is 0.234. The molecule has 9 nitrogen and oxygen atoms in total. The molecule has 1 aromatic heterocycles. The van der Waals surface area contributed by atoms with Crippen molar-refractivity contribution >= 4 is 28.0 Å². The number of likely N-dealkylation sites (tertiary alicyclic amines) is 1. The van der Waals surface area contributed by atoms with Crippen LogP contribution in [0.3, 0.4) is 0 Å². The monoisotopic (exact) mass is 491 g/mol. The molecule has 34 heavy (non-hydrogen) atoms. The van der Waals surface area contributed by atoms with Crippen LogP contribution in [0.25, 0.3) is 0 Å². The van der Waals surface area contributed by atoms with Gasteiger partial charge in [-0.15, -0.1) is 0 Å². The highest BCUT2D eigenvalue weighted by Crippen LogP contribution is 2.63. The molecule has 1 atom stereocenters. The van der Waals surface area contributed by atoms with Crippen LogP contribution in [0.4, 0.5) is 10.1 Å². The van der Waals surface area contributed by atoms with Gasteiger partial charge in [0.15, 0.2) is 0 Å². The Labute approximate surface area is 199 Å². The summed E-state index contributed by atoms with van der Waals surface area (Å²) in [5.74, 6) is -0.548. The minimum Gasteiger partial charge on any atom is -0.495 e. The zero-order valence-corrected chi connectivity index (χ0v) is 20.2. The number of halogens is 1. The highest BCUT2D eigenvalue weighted by molar-refractivity contribution is 8.26. The summed E-state index contributed by atoms with van der Waals surface area (Å²) in [6.07, 6.45) is 2.38. The van der Waals surface area contributed by atoms with E-state index in [1.807, 2.05) is 7.05 Å². The van der Waals surface area contributed by atoms with Gasteiger partial charge in [-0.2, -0.15) is 10.6 Å². The first kappa shape index (κ1) is 24.4. The van der Waals surface area contributed by atoms with Crippen LogP contribution < -0.4 is 15.8 Å². The quantitative estimate of drug-likeness (QED) is 0.516. The van der Waals surface area contributed by atoms with Gasteiger partial charge in [-0.3, -0.25) is 18.9 Å². The molecule has 1 spiro atoms. The van der Waals surface area contributed by atoms with Gasteiger partial charge >= 0.3 is 0 Å². The molecule has 1 fully saturated rings. The number of rotatable bonds is 4. The van der Waals surface area contributed by atoms with Gasteiger partial charge in [0.25, 0.3) is 5.91 Å². The van der Waals surface area contributed by atoms with Crippen LogP contribution in [0.1, 0.15) is 35.8 Å². The van der Waals surface area contributed by atoms with E-state index in [0.29, 0.717) is 37.4 Å². The molecule has 1 aromatic carbocycles. The van der Waals surface area contributed by atoms with Crippen molar-refractivity contribution in [3.05, 3.63) is 53.6 Å². The number of hydrogen-bond acceptors (Lipinski definition) is 8. The van der Waals surface area contributed by atoms with Crippen LogP contribution in [-0.2, 0) is 5.54 Å². The van der Waals surface area contributed by atoms with Crippen molar-refractivity contribution in [3.63, 3.8) is 0 Å². The first-order valence-corrected chi connectivity index (χ1v) is 12.6. The van der Waals surface area contributed by atoms with Gasteiger partial charge in [0, 0.05) is 24.3 Å². The number of benzene rings is 1. The van der Waals surface area contributed by atoms with Gasteiger partial charge in [0.2, 0.25) is 0 Å². The van der Waals surface area contributed by atoms with Crippen LogP contribution in [0, 0.1) is 5.82 Å². The third-order valence-electron chi connectivity index (χ3n) is 6.75.